The molecule has 0 aromatic heterocycles. The number of hydrogen-bond acceptors (Lipinski definition) is 14. The Kier molecular flexibility index (Phi) is 8.24. The van der Waals surface area contributed by atoms with Crippen molar-refractivity contribution in [3.8, 4) is 0 Å². The highest BCUT2D eigenvalue weighted by Crippen LogP contribution is 2.81. The topological polar surface area (TPSA) is 175 Å². The SMILES string of the molecule is COC(=O)C1(OC)OCC23C(OC(=O)C=Cc4ccccc4)CC(OC(C)=O)C4(C)COC(C42)C2OC4(C)C5CC(OC6OC(C(C)C)=CC65O)C4(O)C2(C)C13. The molecule has 0 radical (unpaired) electrons. The van der Waals surface area contributed by atoms with Crippen LogP contribution in [0.25, 0.3) is 6.08 Å². The molecule has 8 aliphatic rings. The second-order valence-corrected chi connectivity index (χ2v) is 18.1. The molecule has 5 aliphatic heterocycles. The third-order valence-corrected chi connectivity index (χ3v) is 15.4. The fourth-order valence-corrected chi connectivity index (χ4v) is 13.3. The lowest BCUT2D eigenvalue weighted by molar-refractivity contribution is -0.319. The standard InChI is InChI=1S/C42H52O14/c1-21(2)24-18-40(46)25-16-28(55-35(40)53-24)42(47)37(5)32(56-38(25,42)6)30-31-36(4,19-50-30)26(52-22(3)43)17-27(54-29(44)15-14-23-12-10-9-11-13-23)39(31)20-51-41(49-8,33(37)39)34(45)48-7/h9-15,18,21,25-28,30-33,35,46-47H,16-17,19-20H2,1-8H3. The van der Waals surface area contributed by atoms with Gasteiger partial charge in [0, 0.05) is 66.4 Å². The van der Waals surface area contributed by atoms with E-state index in [1.54, 1.807) is 19.1 Å². The first-order chi connectivity index (χ1) is 26.4. The summed E-state index contributed by atoms with van der Waals surface area (Å²) >= 11 is 0. The molecule has 9 rings (SSSR count). The molecule has 5 heterocycles. The Morgan fingerprint density at radius 1 is 0.982 bits per heavy atom. The highest BCUT2D eigenvalue weighted by Gasteiger charge is 2.94. The van der Waals surface area contributed by atoms with Crippen molar-refractivity contribution in [2.45, 2.75) is 114 Å². The first-order valence-corrected chi connectivity index (χ1v) is 19.6. The van der Waals surface area contributed by atoms with Crippen molar-refractivity contribution < 1.29 is 67.2 Å². The van der Waals surface area contributed by atoms with Crippen molar-refractivity contribution in [2.24, 2.45) is 39.9 Å². The van der Waals surface area contributed by atoms with Gasteiger partial charge in [-0.05, 0) is 31.1 Å². The Bertz CT molecular complexity index is 1900. The zero-order valence-corrected chi connectivity index (χ0v) is 33.0. The maximum Gasteiger partial charge on any atom is 0.366 e. The highest BCUT2D eigenvalue weighted by atomic mass is 16.7. The van der Waals surface area contributed by atoms with Gasteiger partial charge >= 0.3 is 17.9 Å². The molecule has 1 spiro atoms. The van der Waals surface area contributed by atoms with E-state index < -0.39 is 111 Å². The van der Waals surface area contributed by atoms with Gasteiger partial charge in [-0.2, -0.15) is 0 Å². The largest absolute Gasteiger partial charge is 0.466 e. The van der Waals surface area contributed by atoms with Gasteiger partial charge < -0.3 is 52.8 Å². The van der Waals surface area contributed by atoms with Crippen molar-refractivity contribution in [3.63, 3.8) is 0 Å². The van der Waals surface area contributed by atoms with Crippen LogP contribution in [-0.2, 0) is 57.0 Å². The van der Waals surface area contributed by atoms with Crippen LogP contribution in [-0.4, -0.2) is 115 Å². The normalized spacial score (nSPS) is 50.3. The van der Waals surface area contributed by atoms with Crippen LogP contribution in [0, 0.1) is 39.9 Å². The number of fused-ring (bicyclic) bond motifs is 11. The maximum atomic E-state index is 14.4. The molecule has 1 aromatic carbocycles. The van der Waals surface area contributed by atoms with Crippen LogP contribution in [0.15, 0.2) is 48.2 Å². The Balaban J connectivity index is 1.25. The number of esters is 3. The van der Waals surface area contributed by atoms with Crippen LogP contribution >= 0.6 is 0 Å². The third-order valence-electron chi connectivity index (χ3n) is 15.4. The number of benzene rings is 1. The molecule has 0 amide bonds. The Hall–Kier alpha value is -3.37. The lowest BCUT2D eigenvalue weighted by Crippen LogP contribution is -2.78. The minimum absolute atomic E-state index is 0.0344. The Morgan fingerprint density at radius 2 is 1.71 bits per heavy atom. The molecule has 14 nitrogen and oxygen atoms in total. The molecule has 56 heavy (non-hydrogen) atoms. The van der Waals surface area contributed by atoms with Gasteiger partial charge in [0.1, 0.15) is 29.2 Å². The number of hydrogen-bond donors (Lipinski definition) is 2. The molecule has 16 unspecified atom stereocenters. The summed E-state index contributed by atoms with van der Waals surface area (Å²) in [7, 11) is 2.58. The molecule has 3 aliphatic carbocycles. The average molecular weight is 781 g/mol. The van der Waals surface area contributed by atoms with Crippen molar-refractivity contribution in [1.29, 1.82) is 0 Å². The summed E-state index contributed by atoms with van der Waals surface area (Å²) in [6.45, 7) is 10.8. The summed E-state index contributed by atoms with van der Waals surface area (Å²) < 4.78 is 57.8. The van der Waals surface area contributed by atoms with Gasteiger partial charge in [0.2, 0.25) is 6.29 Å². The van der Waals surface area contributed by atoms with E-state index in [1.807, 2.05) is 58.0 Å². The predicted molar refractivity (Wildman–Crippen MR) is 193 cm³/mol. The number of aliphatic hydroxyl groups is 2. The number of ether oxygens (including phenoxy) is 9. The molecule has 4 saturated heterocycles. The van der Waals surface area contributed by atoms with E-state index >= 15 is 0 Å². The number of carbonyl (C=O) groups is 3. The van der Waals surface area contributed by atoms with Gasteiger partial charge in [0.25, 0.3) is 5.79 Å². The fraction of sp³-hybridized carbons (Fsp3) is 0.690. The lowest BCUT2D eigenvalue weighted by Gasteiger charge is -2.66. The fourth-order valence-electron chi connectivity index (χ4n) is 13.3. The van der Waals surface area contributed by atoms with E-state index in [2.05, 4.69) is 0 Å². The first kappa shape index (κ1) is 38.2. The van der Waals surface area contributed by atoms with Gasteiger partial charge in [-0.3, -0.25) is 4.79 Å². The molecule has 3 saturated carbocycles. The summed E-state index contributed by atoms with van der Waals surface area (Å²) in [5.74, 6) is -6.15. The zero-order valence-electron chi connectivity index (χ0n) is 33.0. The van der Waals surface area contributed by atoms with Crippen LogP contribution in [0.5, 0.6) is 0 Å². The third kappa shape index (κ3) is 4.33. The molecule has 2 N–H and O–H groups in total. The molecular formula is C42H52O14. The molecule has 304 valence electrons. The van der Waals surface area contributed by atoms with E-state index in [1.165, 1.54) is 27.2 Å². The molecule has 1 aromatic rings. The second-order valence-electron chi connectivity index (χ2n) is 18.1. The van der Waals surface area contributed by atoms with Crippen molar-refractivity contribution >= 4 is 24.0 Å². The van der Waals surface area contributed by atoms with Crippen LogP contribution in [0.1, 0.15) is 59.9 Å². The summed E-state index contributed by atoms with van der Waals surface area (Å²) in [4.78, 5) is 41.1. The van der Waals surface area contributed by atoms with E-state index in [0.717, 1.165) is 5.56 Å². The predicted octanol–water partition coefficient (Wildman–Crippen LogP) is 3.07. The van der Waals surface area contributed by atoms with E-state index in [0.29, 0.717) is 5.76 Å². The Morgan fingerprint density at radius 3 is 2.38 bits per heavy atom. The van der Waals surface area contributed by atoms with E-state index in [-0.39, 0.29) is 32.0 Å². The second kappa shape index (κ2) is 12.1. The van der Waals surface area contributed by atoms with Crippen molar-refractivity contribution in [1.82, 2.24) is 0 Å². The quantitative estimate of drug-likeness (QED) is 0.235. The van der Waals surface area contributed by atoms with Crippen LogP contribution in [0.4, 0.5) is 0 Å². The first-order valence-electron chi connectivity index (χ1n) is 19.6. The summed E-state index contributed by atoms with van der Waals surface area (Å²) in [6, 6.07) is 9.29. The lowest BCUT2D eigenvalue weighted by atomic mass is 9.37. The summed E-state index contributed by atoms with van der Waals surface area (Å²) in [5.41, 5.74) is -8.11. The van der Waals surface area contributed by atoms with Gasteiger partial charge in [-0.15, -0.1) is 0 Å². The zero-order chi connectivity index (χ0) is 40.0. The monoisotopic (exact) mass is 780 g/mol. The van der Waals surface area contributed by atoms with Gasteiger partial charge in [-0.25, -0.2) is 9.59 Å². The van der Waals surface area contributed by atoms with Gasteiger partial charge in [-0.1, -0.05) is 58.0 Å². The van der Waals surface area contributed by atoms with Crippen molar-refractivity contribution in [2.75, 3.05) is 27.4 Å². The van der Waals surface area contributed by atoms with Crippen LogP contribution in [0.2, 0.25) is 0 Å². The van der Waals surface area contributed by atoms with Gasteiger partial charge in [0.15, 0.2) is 5.60 Å². The van der Waals surface area contributed by atoms with Gasteiger partial charge in [0.05, 0.1) is 38.6 Å². The van der Waals surface area contributed by atoms with E-state index in [4.69, 9.17) is 42.6 Å². The highest BCUT2D eigenvalue weighted by molar-refractivity contribution is 5.87. The number of rotatable bonds is 7. The summed E-state index contributed by atoms with van der Waals surface area (Å²) in [5, 5.41) is 26.4. The maximum absolute atomic E-state index is 14.4. The Labute approximate surface area is 325 Å². The number of allylic oxidation sites excluding steroid dienone is 1. The minimum atomic E-state index is -2.15. The average Bonchev–Trinajstić information content (AvgIpc) is 3.91. The van der Waals surface area contributed by atoms with E-state index in [9.17, 15) is 24.6 Å². The molecule has 7 fully saturated rings. The van der Waals surface area contributed by atoms with Crippen LogP contribution in [0.3, 0.4) is 0 Å². The van der Waals surface area contributed by atoms with Crippen LogP contribution < -0.4 is 0 Å². The molecule has 14 heteroatoms. The molecular weight excluding hydrogens is 728 g/mol. The smallest absolute Gasteiger partial charge is 0.366 e. The molecule has 16 atom stereocenters. The summed E-state index contributed by atoms with van der Waals surface area (Å²) in [6.07, 6.45) is -0.773. The van der Waals surface area contributed by atoms with Crippen molar-refractivity contribution in [3.05, 3.63) is 53.8 Å². The number of carbonyl (C=O) groups excluding carboxylic acids is 3. The minimum Gasteiger partial charge on any atom is -0.466 e. The molecule has 2 bridgehead atoms. The number of methoxy groups -OCH3 is 2.